The summed E-state index contributed by atoms with van der Waals surface area (Å²) >= 11 is 0. The predicted octanol–water partition coefficient (Wildman–Crippen LogP) is 10.3. The summed E-state index contributed by atoms with van der Waals surface area (Å²) < 4.78 is 54.5. The van der Waals surface area contributed by atoms with Gasteiger partial charge in [0.25, 0.3) is 5.91 Å². The highest BCUT2D eigenvalue weighted by atomic mass is 16.8. The van der Waals surface area contributed by atoms with Crippen molar-refractivity contribution in [1.29, 1.82) is 0 Å². The number of ether oxygens (including phenoxy) is 9. The van der Waals surface area contributed by atoms with E-state index in [1.165, 1.54) is 71.4 Å². The van der Waals surface area contributed by atoms with E-state index >= 15 is 9.59 Å². The monoisotopic (exact) mass is 1210 g/mol. The number of aliphatic hydroxyl groups excluding tert-OH is 1. The van der Waals surface area contributed by atoms with Crippen LogP contribution < -0.4 is 5.32 Å². The first-order valence-corrected chi connectivity index (χ1v) is 31.1. The van der Waals surface area contributed by atoms with Crippen molar-refractivity contribution in [3.63, 3.8) is 0 Å². The van der Waals surface area contributed by atoms with Crippen LogP contribution in [0.2, 0.25) is 0 Å². The zero-order valence-corrected chi connectivity index (χ0v) is 51.0. The first kappa shape index (κ1) is 66.2. The minimum Gasteiger partial charge on any atom is -0.455 e. The number of hydrogen-bond donors (Lipinski definition) is 3. The standard InChI is InChI=1S/C68H87NO18/c1-7-8-9-10-11-12-13-14-15-16-17-18-19-20-30-37-54-79-40-50(83-54)41-80-65(77)85-58(56(47-31-24-21-25-32-47)69-62(74)48-33-26-22-27-34-48)64(76)84-51-39-67(78)44(3)55(43(51)2)57(82-45(4)70)60(73)66(6)52(72)38-53-68(42-81-53,87-46(5)71)59(66)61(67)86-63(75)49-35-28-23-29-36-49/h14-15,21-29,31-36,44,50-54,56-59,61,72,78H,7-13,16-20,30,37-42H2,1-6H3,(H,69,74)/b15-14-/t44?,50-,51+,52+,53-,54?,56+,57-,58-,59+,61+,66-,67+,68+/m1/s1. The number of hydrogen-bond acceptors (Lipinski definition) is 18. The Bertz CT molecular complexity index is 2900. The van der Waals surface area contributed by atoms with Gasteiger partial charge in [0.15, 0.2) is 23.8 Å². The SMILES string of the molecule is CCCCCCCC/C=C\CCCCCCCC1OC[C@H](COC(=O)O[C@@H](C(=O)O[C@H]2C[C@]3(O)C(C)C(=C2C)[C@@H](OC(C)=O)C(=O)[C@@]2(C)[C@H]([C@@H]3OC(=O)c3ccccc3)[C@]3(OC(C)=O)CO[C@@H]3C[C@@H]2O)[C@@H](NC(=O)c2ccccc2)c2ccccc2)O1. The van der Waals surface area contributed by atoms with E-state index in [1.54, 1.807) is 78.9 Å². The van der Waals surface area contributed by atoms with E-state index in [9.17, 15) is 34.2 Å². The Balaban J connectivity index is 1.05. The van der Waals surface area contributed by atoms with E-state index in [0.717, 1.165) is 58.8 Å². The van der Waals surface area contributed by atoms with Crippen molar-refractivity contribution in [2.75, 3.05) is 19.8 Å². The van der Waals surface area contributed by atoms with Crippen LogP contribution in [0.3, 0.4) is 0 Å². The highest BCUT2D eigenvalue weighted by Crippen LogP contribution is 2.62. The molecule has 14 atom stereocenters. The molecule has 1 amide bonds. The average Bonchev–Trinajstić information content (AvgIpc) is 0.821. The number of amides is 1. The fourth-order valence-corrected chi connectivity index (χ4v) is 13.4. The van der Waals surface area contributed by atoms with Gasteiger partial charge in [-0.3, -0.25) is 19.2 Å². The van der Waals surface area contributed by atoms with Crippen molar-refractivity contribution in [1.82, 2.24) is 5.32 Å². The molecule has 3 N–H and O–H groups in total. The van der Waals surface area contributed by atoms with Crippen LogP contribution in [0, 0.1) is 17.3 Å². The van der Waals surface area contributed by atoms with Crippen LogP contribution in [0.4, 0.5) is 4.79 Å². The lowest BCUT2D eigenvalue weighted by atomic mass is 9.47. The van der Waals surface area contributed by atoms with Gasteiger partial charge in [0.05, 0.1) is 36.2 Å². The molecule has 2 unspecified atom stereocenters. The number of fused-ring (bicyclic) bond motifs is 5. The topological polar surface area (TPSA) is 255 Å². The summed E-state index contributed by atoms with van der Waals surface area (Å²) in [5.41, 5.74) is -5.70. The second-order valence-electron chi connectivity index (χ2n) is 24.1. The van der Waals surface area contributed by atoms with Gasteiger partial charge in [-0.25, -0.2) is 14.4 Å². The van der Waals surface area contributed by atoms with Gasteiger partial charge in [-0.05, 0) is 93.3 Å². The van der Waals surface area contributed by atoms with Crippen molar-refractivity contribution in [2.45, 2.75) is 211 Å². The Morgan fingerprint density at radius 1 is 0.770 bits per heavy atom. The molecule has 87 heavy (non-hydrogen) atoms. The van der Waals surface area contributed by atoms with E-state index in [2.05, 4.69) is 24.4 Å². The second-order valence-corrected chi connectivity index (χ2v) is 24.1. The first-order chi connectivity index (χ1) is 41.8. The van der Waals surface area contributed by atoms with Gasteiger partial charge in [0.1, 0.15) is 42.7 Å². The highest BCUT2D eigenvalue weighted by molar-refractivity contribution is 5.96. The van der Waals surface area contributed by atoms with Gasteiger partial charge in [-0.15, -0.1) is 0 Å². The summed E-state index contributed by atoms with van der Waals surface area (Å²) in [4.78, 5) is 100. The molecule has 0 aromatic heterocycles. The summed E-state index contributed by atoms with van der Waals surface area (Å²) in [5.74, 6) is -8.35. The van der Waals surface area contributed by atoms with Crippen LogP contribution >= 0.6 is 0 Å². The largest absolute Gasteiger partial charge is 0.509 e. The lowest BCUT2D eigenvalue weighted by Gasteiger charge is -2.66. The van der Waals surface area contributed by atoms with Gasteiger partial charge in [0.2, 0.25) is 6.10 Å². The Labute approximate surface area is 510 Å². The van der Waals surface area contributed by atoms with Crippen molar-refractivity contribution in [3.8, 4) is 0 Å². The number of esters is 4. The zero-order chi connectivity index (χ0) is 62.3. The Morgan fingerprint density at radius 2 is 1.38 bits per heavy atom. The van der Waals surface area contributed by atoms with Gasteiger partial charge in [0, 0.05) is 38.2 Å². The molecule has 0 radical (unpaired) electrons. The molecule has 5 aliphatic rings. The molecule has 3 aliphatic carbocycles. The molecule has 19 heteroatoms. The van der Waals surface area contributed by atoms with Crippen LogP contribution in [0.5, 0.6) is 0 Å². The van der Waals surface area contributed by atoms with Crippen molar-refractivity contribution in [2.24, 2.45) is 17.3 Å². The van der Waals surface area contributed by atoms with Crippen LogP contribution in [0.25, 0.3) is 0 Å². The maximum atomic E-state index is 15.7. The maximum absolute atomic E-state index is 15.7. The summed E-state index contributed by atoms with van der Waals surface area (Å²) in [5, 5.41) is 28.9. The van der Waals surface area contributed by atoms with Crippen molar-refractivity contribution >= 4 is 41.7 Å². The number of carbonyl (C=O) groups excluding carboxylic acids is 7. The Kier molecular flexibility index (Phi) is 23.2. The lowest BCUT2D eigenvalue weighted by molar-refractivity contribution is -0.343. The number of carbonyl (C=O) groups is 7. The lowest BCUT2D eigenvalue weighted by Crippen LogP contribution is -2.81. The number of Topliss-reactive ketones (excluding diaryl/α,β-unsaturated/α-hetero) is 1. The molecule has 0 spiro atoms. The molecule has 3 aromatic rings. The molecule has 2 heterocycles. The quantitative estimate of drug-likeness (QED) is 0.0264. The van der Waals surface area contributed by atoms with E-state index in [1.807, 2.05) is 0 Å². The third-order valence-electron chi connectivity index (χ3n) is 18.1. The Morgan fingerprint density at radius 3 is 1.99 bits per heavy atom. The molecule has 2 bridgehead atoms. The molecular formula is C68H87NO18. The number of ketones is 1. The summed E-state index contributed by atoms with van der Waals surface area (Å²) in [6.45, 7) is 8.36. The summed E-state index contributed by atoms with van der Waals surface area (Å²) in [6.07, 6.45) is 7.16. The number of unbranched alkanes of at least 4 members (excludes halogenated alkanes) is 11. The van der Waals surface area contributed by atoms with Gasteiger partial charge in [-0.2, -0.15) is 0 Å². The molecule has 2 aliphatic heterocycles. The fourth-order valence-electron chi connectivity index (χ4n) is 13.4. The molecule has 3 aromatic carbocycles. The van der Waals surface area contributed by atoms with E-state index in [4.69, 9.17) is 42.6 Å². The van der Waals surface area contributed by atoms with Gasteiger partial charge in [-0.1, -0.05) is 144 Å². The average molecular weight is 1210 g/mol. The highest BCUT2D eigenvalue weighted by Gasteiger charge is 2.77. The van der Waals surface area contributed by atoms with Crippen LogP contribution in [0.15, 0.2) is 114 Å². The molecular weight excluding hydrogens is 1120 g/mol. The van der Waals surface area contributed by atoms with E-state index in [0.29, 0.717) is 12.0 Å². The predicted molar refractivity (Wildman–Crippen MR) is 317 cm³/mol. The van der Waals surface area contributed by atoms with Gasteiger partial charge >= 0.3 is 30.0 Å². The minimum atomic E-state index is -2.43. The number of aliphatic hydroxyl groups is 2. The third kappa shape index (κ3) is 15.6. The molecule has 4 fully saturated rings. The summed E-state index contributed by atoms with van der Waals surface area (Å²) in [6, 6.07) is 22.7. The smallest absolute Gasteiger partial charge is 0.455 e. The molecule has 19 nitrogen and oxygen atoms in total. The number of nitrogens with one attached hydrogen (secondary N) is 1. The van der Waals surface area contributed by atoms with Gasteiger partial charge < -0.3 is 58.2 Å². The molecule has 2 saturated carbocycles. The maximum Gasteiger partial charge on any atom is 0.509 e. The number of allylic oxidation sites excluding steroid dienone is 2. The minimum absolute atomic E-state index is 0.0360. The normalized spacial score (nSPS) is 29.0. The Hall–Kier alpha value is -6.77. The first-order valence-electron chi connectivity index (χ1n) is 31.1. The molecule has 8 rings (SSSR count). The molecule has 472 valence electrons. The number of rotatable bonds is 28. The van der Waals surface area contributed by atoms with Crippen LogP contribution in [-0.4, -0.2) is 132 Å². The van der Waals surface area contributed by atoms with E-state index < -0.39 is 132 Å². The van der Waals surface area contributed by atoms with Crippen LogP contribution in [-0.2, 0) is 61.8 Å². The third-order valence-corrected chi connectivity index (χ3v) is 18.1. The number of benzene rings is 3. The zero-order valence-electron chi connectivity index (χ0n) is 51.0. The summed E-state index contributed by atoms with van der Waals surface area (Å²) in [7, 11) is 0. The molecule has 2 saturated heterocycles. The fraction of sp³-hybridized carbons (Fsp3) is 0.574. The van der Waals surface area contributed by atoms with Crippen LogP contribution in [0.1, 0.15) is 177 Å². The van der Waals surface area contributed by atoms with Crippen molar-refractivity contribution in [3.05, 3.63) is 131 Å². The van der Waals surface area contributed by atoms with Crippen molar-refractivity contribution < 1.29 is 86.4 Å². The van der Waals surface area contributed by atoms with E-state index in [-0.39, 0.29) is 48.5 Å². The second kappa shape index (κ2) is 30.4.